The molecule has 0 radical (unpaired) electrons. The van der Waals surface area contributed by atoms with Crippen molar-refractivity contribution in [1.29, 1.82) is 0 Å². The molecular weight excluding hydrogens is 378 g/mol. The summed E-state index contributed by atoms with van der Waals surface area (Å²) in [5.74, 6) is 0. The van der Waals surface area contributed by atoms with Crippen molar-refractivity contribution in [2.45, 2.75) is 26.5 Å². The first-order chi connectivity index (χ1) is 13.8. The molecule has 0 saturated heterocycles. The van der Waals surface area contributed by atoms with E-state index in [9.17, 15) is 0 Å². The highest BCUT2D eigenvalue weighted by atomic mass is 32.2. The maximum atomic E-state index is 2.33. The molecule has 136 valence electrons. The molecule has 3 heteroatoms. The number of rotatable bonds is 3. The fraction of sp³-hybridized carbons (Fsp3) is 0.0400. The van der Waals surface area contributed by atoms with E-state index in [0.29, 0.717) is 0 Å². The lowest BCUT2D eigenvalue weighted by molar-refractivity contribution is 1.14. The number of hydrogen-bond acceptors (Lipinski definition) is 3. The molecular formula is C25H19NS2. The quantitative estimate of drug-likeness (QED) is 0.303. The number of nitrogens with zero attached hydrogens (tertiary/aromatic N) is 1. The van der Waals surface area contributed by atoms with Gasteiger partial charge in [-0.15, -0.1) is 0 Å². The van der Waals surface area contributed by atoms with E-state index in [0.717, 1.165) is 0 Å². The summed E-state index contributed by atoms with van der Waals surface area (Å²) in [6, 6.07) is 34.7. The van der Waals surface area contributed by atoms with E-state index in [-0.39, 0.29) is 0 Å². The number of para-hydroxylation sites is 1. The number of fused-ring (bicyclic) bond motifs is 2. The Kier molecular flexibility index (Phi) is 4.63. The third-order valence-corrected chi connectivity index (χ3v) is 7.29. The third-order valence-electron chi connectivity index (χ3n) is 4.75. The molecule has 1 aliphatic rings. The predicted octanol–water partition coefficient (Wildman–Crippen LogP) is 8.08. The molecule has 0 aliphatic carbocycles. The van der Waals surface area contributed by atoms with Gasteiger partial charge < -0.3 is 4.90 Å². The number of hydrogen-bond donors (Lipinski definition) is 0. The predicted molar refractivity (Wildman–Crippen MR) is 121 cm³/mol. The Balaban J connectivity index is 1.61. The van der Waals surface area contributed by atoms with Crippen LogP contribution in [0.2, 0.25) is 0 Å². The number of aryl methyl sites for hydroxylation is 1. The Labute approximate surface area is 174 Å². The zero-order valence-electron chi connectivity index (χ0n) is 15.5. The zero-order valence-corrected chi connectivity index (χ0v) is 17.1. The van der Waals surface area contributed by atoms with Crippen molar-refractivity contribution in [3.63, 3.8) is 0 Å². The van der Waals surface area contributed by atoms with Crippen LogP contribution in [0.5, 0.6) is 0 Å². The van der Waals surface area contributed by atoms with Crippen molar-refractivity contribution in [3.8, 4) is 0 Å². The van der Waals surface area contributed by atoms with Crippen molar-refractivity contribution in [1.82, 2.24) is 0 Å². The van der Waals surface area contributed by atoms with Crippen LogP contribution in [0.4, 0.5) is 17.1 Å². The molecule has 0 amide bonds. The first-order valence-corrected chi connectivity index (χ1v) is 10.9. The van der Waals surface area contributed by atoms with Gasteiger partial charge in [-0.05, 0) is 67.1 Å². The summed E-state index contributed by atoms with van der Waals surface area (Å²) in [6.45, 7) is 2.14. The highest BCUT2D eigenvalue weighted by Crippen LogP contribution is 2.50. The normalized spacial score (nSPS) is 12.2. The number of benzene rings is 4. The van der Waals surface area contributed by atoms with Gasteiger partial charge in [-0.3, -0.25) is 0 Å². The van der Waals surface area contributed by atoms with Crippen LogP contribution in [0.1, 0.15) is 5.56 Å². The topological polar surface area (TPSA) is 3.24 Å². The second kappa shape index (κ2) is 7.42. The van der Waals surface area contributed by atoms with Gasteiger partial charge in [0, 0.05) is 36.6 Å². The fourth-order valence-corrected chi connectivity index (χ4v) is 5.70. The SMILES string of the molecule is Cc1cccc(N(c2ccccc2)c2ccc3c(c2)Sc2ccccc2S3)c1. The Bertz CT molecular complexity index is 1140. The van der Waals surface area contributed by atoms with E-state index in [4.69, 9.17) is 0 Å². The van der Waals surface area contributed by atoms with Gasteiger partial charge in [0.1, 0.15) is 0 Å². The average Bonchev–Trinajstić information content (AvgIpc) is 2.73. The van der Waals surface area contributed by atoms with E-state index in [1.165, 1.54) is 42.2 Å². The van der Waals surface area contributed by atoms with Gasteiger partial charge in [0.2, 0.25) is 0 Å². The molecule has 0 atom stereocenters. The molecule has 4 aromatic rings. The van der Waals surface area contributed by atoms with E-state index in [1.54, 1.807) is 0 Å². The lowest BCUT2D eigenvalue weighted by atomic mass is 10.1. The Hall–Kier alpha value is -2.62. The smallest absolute Gasteiger partial charge is 0.0473 e. The summed E-state index contributed by atoms with van der Waals surface area (Å²) < 4.78 is 0. The van der Waals surface area contributed by atoms with Crippen LogP contribution >= 0.6 is 23.5 Å². The van der Waals surface area contributed by atoms with Gasteiger partial charge in [0.15, 0.2) is 0 Å². The van der Waals surface area contributed by atoms with Gasteiger partial charge in [0.25, 0.3) is 0 Å². The molecule has 0 spiro atoms. The zero-order chi connectivity index (χ0) is 18.9. The molecule has 1 aliphatic heterocycles. The highest BCUT2D eigenvalue weighted by Gasteiger charge is 2.19. The van der Waals surface area contributed by atoms with Crippen molar-refractivity contribution in [2.24, 2.45) is 0 Å². The van der Waals surface area contributed by atoms with Crippen LogP contribution in [0.15, 0.2) is 117 Å². The highest BCUT2D eigenvalue weighted by molar-refractivity contribution is 8.05. The number of anilines is 3. The maximum absolute atomic E-state index is 2.33. The second-order valence-corrected chi connectivity index (χ2v) is 8.96. The first-order valence-electron chi connectivity index (χ1n) is 9.28. The summed E-state index contributed by atoms with van der Waals surface area (Å²) >= 11 is 3.72. The Morgan fingerprint density at radius 2 is 1.11 bits per heavy atom. The van der Waals surface area contributed by atoms with Gasteiger partial charge in [0.05, 0.1) is 0 Å². The summed E-state index contributed by atoms with van der Waals surface area (Å²) in [5, 5.41) is 0. The van der Waals surface area contributed by atoms with Crippen molar-refractivity contribution in [3.05, 3.63) is 103 Å². The third kappa shape index (κ3) is 3.32. The van der Waals surface area contributed by atoms with Crippen molar-refractivity contribution in [2.75, 3.05) is 4.90 Å². The molecule has 1 heterocycles. The van der Waals surface area contributed by atoms with Gasteiger partial charge in [-0.2, -0.15) is 0 Å². The monoisotopic (exact) mass is 397 g/mol. The van der Waals surface area contributed by atoms with Crippen LogP contribution in [0.25, 0.3) is 0 Å². The van der Waals surface area contributed by atoms with E-state index in [2.05, 4.69) is 109 Å². The Morgan fingerprint density at radius 3 is 1.86 bits per heavy atom. The average molecular weight is 398 g/mol. The lowest BCUT2D eigenvalue weighted by Gasteiger charge is -2.27. The molecule has 0 fully saturated rings. The molecule has 0 unspecified atom stereocenters. The summed E-state index contributed by atoms with van der Waals surface area (Å²) in [6.07, 6.45) is 0. The molecule has 0 bridgehead atoms. The Morgan fingerprint density at radius 1 is 0.500 bits per heavy atom. The van der Waals surface area contributed by atoms with E-state index >= 15 is 0 Å². The largest absolute Gasteiger partial charge is 0.310 e. The van der Waals surface area contributed by atoms with Gasteiger partial charge in [-0.1, -0.05) is 66.0 Å². The molecule has 0 aromatic heterocycles. The van der Waals surface area contributed by atoms with Crippen LogP contribution in [0, 0.1) is 6.92 Å². The first kappa shape index (κ1) is 17.5. The molecule has 4 aromatic carbocycles. The molecule has 0 N–H and O–H groups in total. The molecule has 1 nitrogen and oxygen atoms in total. The van der Waals surface area contributed by atoms with Crippen LogP contribution in [0.3, 0.4) is 0 Å². The van der Waals surface area contributed by atoms with Gasteiger partial charge >= 0.3 is 0 Å². The van der Waals surface area contributed by atoms with Crippen LogP contribution < -0.4 is 4.90 Å². The van der Waals surface area contributed by atoms with Crippen molar-refractivity contribution < 1.29 is 0 Å². The minimum atomic E-state index is 1.17. The van der Waals surface area contributed by atoms with Crippen molar-refractivity contribution >= 4 is 40.6 Å². The van der Waals surface area contributed by atoms with Gasteiger partial charge in [-0.25, -0.2) is 0 Å². The van der Waals surface area contributed by atoms with Crippen LogP contribution in [-0.4, -0.2) is 0 Å². The fourth-order valence-electron chi connectivity index (χ4n) is 3.45. The minimum Gasteiger partial charge on any atom is -0.310 e. The van der Waals surface area contributed by atoms with E-state index < -0.39 is 0 Å². The molecule has 28 heavy (non-hydrogen) atoms. The van der Waals surface area contributed by atoms with E-state index in [1.807, 2.05) is 23.5 Å². The second-order valence-electron chi connectivity index (χ2n) is 6.79. The summed E-state index contributed by atoms with van der Waals surface area (Å²) in [7, 11) is 0. The standard InChI is InChI=1S/C25H19NS2/c1-18-8-7-11-20(16-18)26(19-9-3-2-4-10-19)21-14-15-24-25(17-21)28-23-13-6-5-12-22(23)27-24/h2-17H,1H3. The molecule has 0 saturated carbocycles. The van der Waals surface area contributed by atoms with Crippen LogP contribution in [-0.2, 0) is 0 Å². The minimum absolute atomic E-state index is 1.17. The molecule has 5 rings (SSSR count). The summed E-state index contributed by atoms with van der Waals surface area (Å²) in [5.41, 5.74) is 4.79. The summed E-state index contributed by atoms with van der Waals surface area (Å²) in [4.78, 5) is 7.64. The lowest BCUT2D eigenvalue weighted by Crippen LogP contribution is -2.10. The maximum Gasteiger partial charge on any atom is 0.0473 e.